The first-order chi connectivity index (χ1) is 9.11. The lowest BCUT2D eigenvalue weighted by Crippen LogP contribution is -2.47. The Morgan fingerprint density at radius 3 is 2.53 bits per heavy atom. The number of hydrogen-bond acceptors (Lipinski definition) is 5. The molecule has 0 amide bonds. The predicted octanol–water partition coefficient (Wildman–Crippen LogP) is 1.92. The van der Waals surface area contributed by atoms with Crippen molar-refractivity contribution in [3.63, 3.8) is 0 Å². The molecule has 6 heteroatoms. The summed E-state index contributed by atoms with van der Waals surface area (Å²) in [5, 5.41) is 0.372. The standard InChI is InChI=1S/C13H21ClN4O/c1-10(2)8-17-4-6-18(7-5-17)13-11(19-3)12(14)15-9-16-13/h9-10H,4-8H2,1-3H3. The third-order valence-electron chi connectivity index (χ3n) is 3.24. The van der Waals surface area contributed by atoms with Crippen molar-refractivity contribution in [2.45, 2.75) is 13.8 Å². The molecule has 0 unspecified atom stereocenters. The summed E-state index contributed by atoms with van der Waals surface area (Å²) in [7, 11) is 1.60. The van der Waals surface area contributed by atoms with Crippen molar-refractivity contribution in [1.29, 1.82) is 0 Å². The Morgan fingerprint density at radius 2 is 1.95 bits per heavy atom. The molecule has 1 aliphatic heterocycles. The van der Waals surface area contributed by atoms with Crippen LogP contribution in [0.3, 0.4) is 0 Å². The molecule has 19 heavy (non-hydrogen) atoms. The van der Waals surface area contributed by atoms with Gasteiger partial charge in [-0.3, -0.25) is 4.90 Å². The van der Waals surface area contributed by atoms with Gasteiger partial charge in [-0.25, -0.2) is 9.97 Å². The molecule has 1 aliphatic rings. The zero-order chi connectivity index (χ0) is 13.8. The molecule has 1 aromatic rings. The van der Waals surface area contributed by atoms with Crippen molar-refractivity contribution < 1.29 is 4.74 Å². The smallest absolute Gasteiger partial charge is 0.199 e. The Labute approximate surface area is 119 Å². The first-order valence-corrected chi connectivity index (χ1v) is 7.01. The molecular formula is C13H21ClN4O. The lowest BCUT2D eigenvalue weighted by Gasteiger charge is -2.36. The van der Waals surface area contributed by atoms with Crippen LogP contribution in [-0.2, 0) is 0 Å². The highest BCUT2D eigenvalue weighted by atomic mass is 35.5. The minimum Gasteiger partial charge on any atom is -0.490 e. The highest BCUT2D eigenvalue weighted by molar-refractivity contribution is 6.31. The molecule has 1 aromatic heterocycles. The fourth-order valence-electron chi connectivity index (χ4n) is 2.40. The molecule has 0 bridgehead atoms. The van der Waals surface area contributed by atoms with Gasteiger partial charge < -0.3 is 9.64 Å². The van der Waals surface area contributed by atoms with Crippen LogP contribution < -0.4 is 9.64 Å². The van der Waals surface area contributed by atoms with Gasteiger partial charge in [-0.15, -0.1) is 0 Å². The van der Waals surface area contributed by atoms with E-state index in [1.807, 2.05) is 0 Å². The normalized spacial score (nSPS) is 17.0. The van der Waals surface area contributed by atoms with Gasteiger partial charge in [-0.05, 0) is 5.92 Å². The van der Waals surface area contributed by atoms with Gasteiger partial charge >= 0.3 is 0 Å². The zero-order valence-corrected chi connectivity index (χ0v) is 12.5. The van der Waals surface area contributed by atoms with Crippen molar-refractivity contribution >= 4 is 17.4 Å². The summed E-state index contributed by atoms with van der Waals surface area (Å²) >= 11 is 6.03. The second kappa shape index (κ2) is 6.39. The van der Waals surface area contributed by atoms with Crippen molar-refractivity contribution in [2.24, 2.45) is 5.92 Å². The van der Waals surface area contributed by atoms with E-state index in [1.165, 1.54) is 6.33 Å². The number of aromatic nitrogens is 2. The molecule has 1 fully saturated rings. The topological polar surface area (TPSA) is 41.5 Å². The van der Waals surface area contributed by atoms with Gasteiger partial charge in [0.2, 0.25) is 0 Å². The molecule has 5 nitrogen and oxygen atoms in total. The number of piperazine rings is 1. The number of hydrogen-bond donors (Lipinski definition) is 0. The largest absolute Gasteiger partial charge is 0.490 e. The average Bonchev–Trinajstić information content (AvgIpc) is 2.38. The maximum Gasteiger partial charge on any atom is 0.199 e. The Balaban J connectivity index is 2.03. The quantitative estimate of drug-likeness (QED) is 0.790. The van der Waals surface area contributed by atoms with Crippen LogP contribution in [0.4, 0.5) is 5.82 Å². The second-order valence-electron chi connectivity index (χ2n) is 5.20. The predicted molar refractivity (Wildman–Crippen MR) is 77.1 cm³/mol. The molecule has 0 aliphatic carbocycles. The molecule has 0 N–H and O–H groups in total. The van der Waals surface area contributed by atoms with Crippen LogP contribution in [0.15, 0.2) is 6.33 Å². The molecule has 2 rings (SSSR count). The molecule has 2 heterocycles. The van der Waals surface area contributed by atoms with E-state index in [9.17, 15) is 0 Å². The SMILES string of the molecule is COc1c(Cl)ncnc1N1CCN(CC(C)C)CC1. The van der Waals surface area contributed by atoms with Crippen LogP contribution in [0.25, 0.3) is 0 Å². The van der Waals surface area contributed by atoms with Crippen LogP contribution in [-0.4, -0.2) is 54.7 Å². The fraction of sp³-hybridized carbons (Fsp3) is 0.692. The molecule has 1 saturated heterocycles. The summed E-state index contributed by atoms with van der Waals surface area (Å²) in [6, 6.07) is 0. The summed E-state index contributed by atoms with van der Waals surface area (Å²) in [5.41, 5.74) is 0. The average molecular weight is 285 g/mol. The van der Waals surface area contributed by atoms with Crippen LogP contribution in [0.1, 0.15) is 13.8 Å². The van der Waals surface area contributed by atoms with Gasteiger partial charge in [0.25, 0.3) is 0 Å². The molecule has 106 valence electrons. The van der Waals surface area contributed by atoms with Gasteiger partial charge in [0.05, 0.1) is 7.11 Å². The van der Waals surface area contributed by atoms with Crippen LogP contribution in [0.5, 0.6) is 5.75 Å². The number of ether oxygens (including phenoxy) is 1. The fourth-order valence-corrected chi connectivity index (χ4v) is 2.61. The molecule has 0 spiro atoms. The highest BCUT2D eigenvalue weighted by Gasteiger charge is 2.22. The molecule has 0 radical (unpaired) electrons. The van der Waals surface area contributed by atoms with Crippen LogP contribution in [0.2, 0.25) is 5.15 Å². The van der Waals surface area contributed by atoms with E-state index in [0.29, 0.717) is 16.8 Å². The summed E-state index contributed by atoms with van der Waals surface area (Å²) < 4.78 is 5.31. The van der Waals surface area contributed by atoms with Gasteiger partial charge in [0.1, 0.15) is 6.33 Å². The Morgan fingerprint density at radius 1 is 1.26 bits per heavy atom. The van der Waals surface area contributed by atoms with E-state index in [4.69, 9.17) is 16.3 Å². The number of anilines is 1. The molecule has 0 saturated carbocycles. The van der Waals surface area contributed by atoms with Gasteiger partial charge in [0, 0.05) is 32.7 Å². The summed E-state index contributed by atoms with van der Waals surface area (Å²) in [5.74, 6) is 2.07. The van der Waals surface area contributed by atoms with E-state index >= 15 is 0 Å². The summed E-state index contributed by atoms with van der Waals surface area (Å²) in [6.07, 6.45) is 1.49. The lowest BCUT2D eigenvalue weighted by molar-refractivity contribution is 0.230. The van der Waals surface area contributed by atoms with Crippen LogP contribution in [0, 0.1) is 5.92 Å². The third kappa shape index (κ3) is 3.48. The van der Waals surface area contributed by atoms with E-state index in [2.05, 4.69) is 33.6 Å². The van der Waals surface area contributed by atoms with Crippen molar-refractivity contribution in [3.8, 4) is 5.75 Å². The van der Waals surface area contributed by atoms with E-state index in [-0.39, 0.29) is 0 Å². The van der Waals surface area contributed by atoms with E-state index in [1.54, 1.807) is 7.11 Å². The molecular weight excluding hydrogens is 264 g/mol. The second-order valence-corrected chi connectivity index (χ2v) is 5.56. The van der Waals surface area contributed by atoms with Gasteiger partial charge in [-0.2, -0.15) is 0 Å². The minimum atomic E-state index is 0.372. The number of methoxy groups -OCH3 is 1. The van der Waals surface area contributed by atoms with Crippen LogP contribution >= 0.6 is 11.6 Å². The monoisotopic (exact) mass is 284 g/mol. The summed E-state index contributed by atoms with van der Waals surface area (Å²) in [6.45, 7) is 9.62. The van der Waals surface area contributed by atoms with Crippen molar-refractivity contribution in [2.75, 3.05) is 44.7 Å². The summed E-state index contributed by atoms with van der Waals surface area (Å²) in [4.78, 5) is 13.0. The maximum absolute atomic E-state index is 6.03. The Kier molecular flexibility index (Phi) is 4.82. The number of rotatable bonds is 4. The Hall–Kier alpha value is -1.07. The zero-order valence-electron chi connectivity index (χ0n) is 11.8. The molecule has 0 atom stereocenters. The first-order valence-electron chi connectivity index (χ1n) is 6.63. The lowest BCUT2D eigenvalue weighted by atomic mass is 10.2. The minimum absolute atomic E-state index is 0.372. The highest BCUT2D eigenvalue weighted by Crippen LogP contribution is 2.31. The first kappa shape index (κ1) is 14.3. The van der Waals surface area contributed by atoms with Gasteiger partial charge in [-0.1, -0.05) is 25.4 Å². The molecule has 0 aromatic carbocycles. The van der Waals surface area contributed by atoms with E-state index < -0.39 is 0 Å². The van der Waals surface area contributed by atoms with Crippen molar-refractivity contribution in [1.82, 2.24) is 14.9 Å². The van der Waals surface area contributed by atoms with Crippen molar-refractivity contribution in [3.05, 3.63) is 11.5 Å². The Bertz CT molecular complexity index is 419. The van der Waals surface area contributed by atoms with Gasteiger partial charge in [0.15, 0.2) is 16.7 Å². The number of nitrogens with zero attached hydrogens (tertiary/aromatic N) is 4. The van der Waals surface area contributed by atoms with E-state index in [0.717, 1.165) is 38.5 Å². The maximum atomic E-state index is 6.03. The third-order valence-corrected chi connectivity index (χ3v) is 3.51. The number of halogens is 1.